The summed E-state index contributed by atoms with van der Waals surface area (Å²) in [7, 11) is 1.69. The third-order valence-corrected chi connectivity index (χ3v) is 3.35. The number of aliphatic hydroxyl groups excluding tert-OH is 1. The summed E-state index contributed by atoms with van der Waals surface area (Å²) in [5.74, 6) is 0. The Morgan fingerprint density at radius 3 is 2.50 bits per heavy atom. The molecular weight excluding hydrogens is 250 g/mol. The van der Waals surface area contributed by atoms with Gasteiger partial charge in [-0.2, -0.15) is 0 Å². The molecule has 2 aromatic rings. The molecule has 2 aromatic carbocycles. The molecule has 0 fully saturated rings. The molecule has 0 aromatic heterocycles. The van der Waals surface area contributed by atoms with Crippen LogP contribution in [0.3, 0.4) is 0 Å². The van der Waals surface area contributed by atoms with Crippen LogP contribution in [0.1, 0.15) is 23.6 Å². The zero-order valence-electron chi connectivity index (χ0n) is 11.8. The second kappa shape index (κ2) is 7.20. The number of benzene rings is 2. The number of aliphatic hydroxyl groups is 1. The van der Waals surface area contributed by atoms with Gasteiger partial charge in [0, 0.05) is 19.8 Å². The van der Waals surface area contributed by atoms with E-state index in [2.05, 4.69) is 36.4 Å². The molecule has 0 bridgehead atoms. The fourth-order valence-electron chi connectivity index (χ4n) is 2.21. The van der Waals surface area contributed by atoms with E-state index in [4.69, 9.17) is 15.6 Å². The lowest BCUT2D eigenvalue weighted by Crippen LogP contribution is -2.11. The van der Waals surface area contributed by atoms with Crippen molar-refractivity contribution in [3.8, 4) is 11.1 Å². The van der Waals surface area contributed by atoms with Crippen molar-refractivity contribution in [3.05, 3.63) is 59.7 Å². The Morgan fingerprint density at radius 1 is 1.10 bits per heavy atom. The molecule has 2 rings (SSSR count). The first kappa shape index (κ1) is 14.7. The predicted octanol–water partition coefficient (Wildman–Crippen LogP) is 2.88. The molecule has 3 N–H and O–H groups in total. The van der Waals surface area contributed by atoms with Crippen molar-refractivity contribution in [1.82, 2.24) is 0 Å². The van der Waals surface area contributed by atoms with Gasteiger partial charge in [0.2, 0.25) is 0 Å². The lowest BCUT2D eigenvalue weighted by Gasteiger charge is -2.12. The van der Waals surface area contributed by atoms with Crippen LogP contribution < -0.4 is 5.73 Å². The highest BCUT2D eigenvalue weighted by atomic mass is 16.5. The van der Waals surface area contributed by atoms with E-state index in [-0.39, 0.29) is 12.6 Å². The zero-order chi connectivity index (χ0) is 14.4. The monoisotopic (exact) mass is 271 g/mol. The van der Waals surface area contributed by atoms with Crippen LogP contribution in [0.2, 0.25) is 0 Å². The van der Waals surface area contributed by atoms with E-state index in [0.29, 0.717) is 13.0 Å². The third kappa shape index (κ3) is 3.67. The summed E-state index contributed by atoms with van der Waals surface area (Å²) in [5.41, 5.74) is 10.5. The van der Waals surface area contributed by atoms with Gasteiger partial charge in [-0.3, -0.25) is 0 Å². The van der Waals surface area contributed by atoms with E-state index in [9.17, 15) is 0 Å². The van der Waals surface area contributed by atoms with Crippen LogP contribution in [0, 0.1) is 0 Å². The van der Waals surface area contributed by atoms with Crippen LogP contribution in [0.15, 0.2) is 48.5 Å². The van der Waals surface area contributed by atoms with Crippen molar-refractivity contribution in [1.29, 1.82) is 0 Å². The van der Waals surface area contributed by atoms with Crippen molar-refractivity contribution >= 4 is 0 Å². The second-order valence-electron chi connectivity index (χ2n) is 4.87. The van der Waals surface area contributed by atoms with Crippen molar-refractivity contribution in [2.45, 2.75) is 19.1 Å². The summed E-state index contributed by atoms with van der Waals surface area (Å²) in [6.45, 7) is 0.735. The van der Waals surface area contributed by atoms with E-state index < -0.39 is 0 Å². The molecule has 0 radical (unpaired) electrons. The van der Waals surface area contributed by atoms with Gasteiger partial charge in [0.25, 0.3) is 0 Å². The van der Waals surface area contributed by atoms with Gasteiger partial charge in [-0.1, -0.05) is 42.5 Å². The van der Waals surface area contributed by atoms with Crippen LogP contribution in [-0.2, 0) is 11.3 Å². The quantitative estimate of drug-likeness (QED) is 0.849. The first-order valence-electron chi connectivity index (χ1n) is 6.79. The van der Waals surface area contributed by atoms with Crippen LogP contribution >= 0.6 is 0 Å². The predicted molar refractivity (Wildman–Crippen MR) is 81.2 cm³/mol. The SMILES string of the molecule is COCc1ccc(-c2cccc(C(N)CCO)c2)cc1. The molecule has 0 aliphatic carbocycles. The van der Waals surface area contributed by atoms with Gasteiger partial charge in [-0.05, 0) is 34.7 Å². The average Bonchev–Trinajstić information content (AvgIpc) is 2.49. The van der Waals surface area contributed by atoms with E-state index in [1.807, 2.05) is 12.1 Å². The van der Waals surface area contributed by atoms with Gasteiger partial charge in [0.15, 0.2) is 0 Å². The fraction of sp³-hybridized carbons (Fsp3) is 0.294. The Morgan fingerprint density at radius 2 is 1.85 bits per heavy atom. The highest BCUT2D eigenvalue weighted by Crippen LogP contribution is 2.24. The van der Waals surface area contributed by atoms with E-state index in [1.165, 1.54) is 0 Å². The van der Waals surface area contributed by atoms with E-state index >= 15 is 0 Å². The molecular formula is C17H21NO2. The topological polar surface area (TPSA) is 55.5 Å². The highest BCUT2D eigenvalue weighted by Gasteiger charge is 2.06. The Labute approximate surface area is 120 Å². The average molecular weight is 271 g/mol. The molecule has 0 amide bonds. The number of hydrogen-bond acceptors (Lipinski definition) is 3. The van der Waals surface area contributed by atoms with Gasteiger partial charge in [-0.15, -0.1) is 0 Å². The molecule has 20 heavy (non-hydrogen) atoms. The number of hydrogen-bond donors (Lipinski definition) is 2. The standard InChI is InChI=1S/C17H21NO2/c1-20-12-13-5-7-14(8-6-13)15-3-2-4-16(11-15)17(18)9-10-19/h2-8,11,17,19H,9-10,12,18H2,1H3. The Balaban J connectivity index is 2.21. The minimum absolute atomic E-state index is 0.108. The summed E-state index contributed by atoms with van der Waals surface area (Å²) in [6, 6.07) is 16.4. The van der Waals surface area contributed by atoms with E-state index in [1.54, 1.807) is 7.11 Å². The Bertz CT molecular complexity index is 537. The number of rotatable bonds is 6. The van der Waals surface area contributed by atoms with Gasteiger partial charge in [-0.25, -0.2) is 0 Å². The Kier molecular flexibility index (Phi) is 5.30. The molecule has 0 saturated carbocycles. The van der Waals surface area contributed by atoms with Gasteiger partial charge in [0.05, 0.1) is 6.61 Å². The van der Waals surface area contributed by atoms with Gasteiger partial charge < -0.3 is 15.6 Å². The van der Waals surface area contributed by atoms with Crippen LogP contribution in [0.25, 0.3) is 11.1 Å². The maximum Gasteiger partial charge on any atom is 0.0713 e. The van der Waals surface area contributed by atoms with Crippen molar-refractivity contribution in [2.75, 3.05) is 13.7 Å². The number of methoxy groups -OCH3 is 1. The summed E-state index contributed by atoms with van der Waals surface area (Å²) < 4.78 is 5.11. The summed E-state index contributed by atoms with van der Waals surface area (Å²) >= 11 is 0. The lowest BCUT2D eigenvalue weighted by atomic mass is 9.98. The minimum atomic E-state index is -0.118. The van der Waals surface area contributed by atoms with Crippen molar-refractivity contribution in [2.24, 2.45) is 5.73 Å². The molecule has 106 valence electrons. The molecule has 0 saturated heterocycles. The normalized spacial score (nSPS) is 12.3. The highest BCUT2D eigenvalue weighted by molar-refractivity contribution is 5.64. The molecule has 1 atom stereocenters. The second-order valence-corrected chi connectivity index (χ2v) is 4.87. The van der Waals surface area contributed by atoms with Crippen LogP contribution in [-0.4, -0.2) is 18.8 Å². The Hall–Kier alpha value is -1.68. The summed E-state index contributed by atoms with van der Waals surface area (Å²) in [5, 5.41) is 8.97. The van der Waals surface area contributed by atoms with Crippen LogP contribution in [0.5, 0.6) is 0 Å². The van der Waals surface area contributed by atoms with Crippen LogP contribution in [0.4, 0.5) is 0 Å². The largest absolute Gasteiger partial charge is 0.396 e. The molecule has 0 aliphatic heterocycles. The maximum atomic E-state index is 8.97. The first-order chi connectivity index (χ1) is 9.74. The smallest absolute Gasteiger partial charge is 0.0713 e. The molecule has 0 aliphatic rings. The maximum absolute atomic E-state index is 8.97. The minimum Gasteiger partial charge on any atom is -0.396 e. The lowest BCUT2D eigenvalue weighted by molar-refractivity contribution is 0.185. The molecule has 0 spiro atoms. The fourth-order valence-corrected chi connectivity index (χ4v) is 2.21. The van der Waals surface area contributed by atoms with Crippen molar-refractivity contribution < 1.29 is 9.84 Å². The summed E-state index contributed by atoms with van der Waals surface area (Å²) in [4.78, 5) is 0. The van der Waals surface area contributed by atoms with E-state index in [0.717, 1.165) is 22.3 Å². The van der Waals surface area contributed by atoms with Gasteiger partial charge >= 0.3 is 0 Å². The first-order valence-corrected chi connectivity index (χ1v) is 6.79. The van der Waals surface area contributed by atoms with Crippen molar-refractivity contribution in [3.63, 3.8) is 0 Å². The molecule has 3 heteroatoms. The third-order valence-electron chi connectivity index (χ3n) is 3.35. The number of nitrogens with two attached hydrogens (primary N) is 1. The summed E-state index contributed by atoms with van der Waals surface area (Å²) in [6.07, 6.45) is 0.580. The zero-order valence-corrected chi connectivity index (χ0v) is 11.8. The molecule has 0 heterocycles. The molecule has 1 unspecified atom stereocenters. The number of ether oxygens (including phenoxy) is 1. The van der Waals surface area contributed by atoms with Gasteiger partial charge in [0.1, 0.15) is 0 Å². The molecule has 3 nitrogen and oxygen atoms in total.